The Labute approximate surface area is 84.9 Å². The first-order chi connectivity index (χ1) is 6.25. The topological polar surface area (TPSA) is 66.8 Å². The number of carboxylic acids is 1. The van der Waals surface area contributed by atoms with E-state index in [0.29, 0.717) is 0 Å². The second kappa shape index (κ2) is 5.32. The molecule has 0 spiro atoms. The van der Waals surface area contributed by atoms with Gasteiger partial charge in [0, 0.05) is 0 Å². The van der Waals surface area contributed by atoms with Crippen molar-refractivity contribution in [3.63, 3.8) is 0 Å². The van der Waals surface area contributed by atoms with Crippen LogP contribution in [0.2, 0.25) is 0 Å². The van der Waals surface area contributed by atoms with Crippen molar-refractivity contribution < 1.29 is 19.7 Å². The van der Waals surface area contributed by atoms with Gasteiger partial charge in [-0.1, -0.05) is 0 Å². The predicted octanol–water partition coefficient (Wildman–Crippen LogP) is 1.27. The Bertz CT molecular complexity index is 187. The highest BCUT2D eigenvalue weighted by Crippen LogP contribution is 2.22. The SMILES string of the molecule is CC(C)OCC(O)CC(C)(C)C(=O)O. The van der Waals surface area contributed by atoms with Crippen LogP contribution in [0.25, 0.3) is 0 Å². The third-order valence-electron chi connectivity index (χ3n) is 1.95. The lowest BCUT2D eigenvalue weighted by Gasteiger charge is -2.23. The minimum Gasteiger partial charge on any atom is -0.481 e. The van der Waals surface area contributed by atoms with Crippen LogP contribution in [0.4, 0.5) is 0 Å². The molecule has 84 valence electrons. The average molecular weight is 204 g/mol. The lowest BCUT2D eigenvalue weighted by Crippen LogP contribution is -2.31. The van der Waals surface area contributed by atoms with Crippen LogP contribution in [0.5, 0.6) is 0 Å². The van der Waals surface area contributed by atoms with E-state index in [1.54, 1.807) is 13.8 Å². The van der Waals surface area contributed by atoms with E-state index >= 15 is 0 Å². The van der Waals surface area contributed by atoms with E-state index in [9.17, 15) is 9.90 Å². The molecule has 0 saturated heterocycles. The van der Waals surface area contributed by atoms with Gasteiger partial charge in [0.15, 0.2) is 0 Å². The summed E-state index contributed by atoms with van der Waals surface area (Å²) >= 11 is 0. The van der Waals surface area contributed by atoms with Crippen LogP contribution in [0.3, 0.4) is 0 Å². The van der Waals surface area contributed by atoms with Crippen molar-refractivity contribution in [3.8, 4) is 0 Å². The number of hydrogen-bond acceptors (Lipinski definition) is 3. The van der Waals surface area contributed by atoms with Gasteiger partial charge in [0.1, 0.15) is 0 Å². The lowest BCUT2D eigenvalue weighted by molar-refractivity contribution is -0.149. The van der Waals surface area contributed by atoms with E-state index in [1.165, 1.54) is 0 Å². The molecule has 4 heteroatoms. The van der Waals surface area contributed by atoms with Crippen LogP contribution in [0.1, 0.15) is 34.1 Å². The second-order valence-electron chi connectivity index (χ2n) is 4.43. The molecule has 1 atom stereocenters. The van der Waals surface area contributed by atoms with Crippen molar-refractivity contribution in [1.82, 2.24) is 0 Å². The number of rotatable bonds is 6. The van der Waals surface area contributed by atoms with Crippen molar-refractivity contribution in [2.24, 2.45) is 5.41 Å². The zero-order valence-corrected chi connectivity index (χ0v) is 9.28. The Morgan fingerprint density at radius 3 is 2.29 bits per heavy atom. The minimum absolute atomic E-state index is 0.0533. The normalized spacial score (nSPS) is 14.4. The lowest BCUT2D eigenvalue weighted by atomic mass is 9.87. The molecule has 0 aliphatic heterocycles. The number of aliphatic carboxylic acids is 1. The van der Waals surface area contributed by atoms with Crippen molar-refractivity contribution in [2.75, 3.05) is 6.61 Å². The summed E-state index contributed by atoms with van der Waals surface area (Å²) < 4.78 is 5.19. The van der Waals surface area contributed by atoms with Crippen LogP contribution < -0.4 is 0 Å². The molecule has 0 fully saturated rings. The maximum atomic E-state index is 10.7. The Kier molecular flexibility index (Phi) is 5.08. The van der Waals surface area contributed by atoms with Gasteiger partial charge in [-0.25, -0.2) is 0 Å². The molecular formula is C10H20O4. The smallest absolute Gasteiger partial charge is 0.309 e. The molecule has 0 bridgehead atoms. The summed E-state index contributed by atoms with van der Waals surface area (Å²) in [4.78, 5) is 10.7. The molecule has 4 nitrogen and oxygen atoms in total. The van der Waals surface area contributed by atoms with E-state index in [0.717, 1.165) is 0 Å². The molecule has 0 aromatic heterocycles. The van der Waals surface area contributed by atoms with E-state index in [-0.39, 0.29) is 19.1 Å². The molecule has 0 radical (unpaired) electrons. The van der Waals surface area contributed by atoms with Crippen molar-refractivity contribution in [1.29, 1.82) is 0 Å². The van der Waals surface area contributed by atoms with E-state index in [2.05, 4.69) is 0 Å². The molecular weight excluding hydrogens is 184 g/mol. The van der Waals surface area contributed by atoms with Crippen LogP contribution in [-0.4, -0.2) is 35.0 Å². The fraction of sp³-hybridized carbons (Fsp3) is 0.900. The molecule has 0 aromatic carbocycles. The number of aliphatic hydroxyl groups is 1. The average Bonchev–Trinajstić information content (AvgIpc) is 1.99. The molecule has 0 heterocycles. The molecule has 0 rings (SSSR count). The second-order valence-corrected chi connectivity index (χ2v) is 4.43. The van der Waals surface area contributed by atoms with Crippen molar-refractivity contribution in [2.45, 2.75) is 46.3 Å². The zero-order chi connectivity index (χ0) is 11.4. The number of carbonyl (C=O) groups is 1. The van der Waals surface area contributed by atoms with Gasteiger partial charge in [-0.3, -0.25) is 4.79 Å². The molecule has 0 saturated carbocycles. The number of hydrogen-bond donors (Lipinski definition) is 2. The molecule has 1 unspecified atom stereocenters. The summed E-state index contributed by atoms with van der Waals surface area (Å²) in [6, 6.07) is 0. The largest absolute Gasteiger partial charge is 0.481 e. The van der Waals surface area contributed by atoms with Gasteiger partial charge in [-0.2, -0.15) is 0 Å². The van der Waals surface area contributed by atoms with Gasteiger partial charge in [0.2, 0.25) is 0 Å². The predicted molar refractivity (Wildman–Crippen MR) is 53.1 cm³/mol. The van der Waals surface area contributed by atoms with Gasteiger partial charge in [-0.15, -0.1) is 0 Å². The van der Waals surface area contributed by atoms with Gasteiger partial charge in [0.25, 0.3) is 0 Å². The third-order valence-corrected chi connectivity index (χ3v) is 1.95. The molecule has 2 N–H and O–H groups in total. The van der Waals surface area contributed by atoms with Crippen molar-refractivity contribution in [3.05, 3.63) is 0 Å². The van der Waals surface area contributed by atoms with Crippen LogP contribution in [0.15, 0.2) is 0 Å². The van der Waals surface area contributed by atoms with Crippen LogP contribution in [0, 0.1) is 5.41 Å². The number of aliphatic hydroxyl groups excluding tert-OH is 1. The Morgan fingerprint density at radius 2 is 1.93 bits per heavy atom. The first kappa shape index (κ1) is 13.4. The Balaban J connectivity index is 3.93. The maximum absolute atomic E-state index is 10.7. The summed E-state index contributed by atoms with van der Waals surface area (Å²) in [7, 11) is 0. The fourth-order valence-electron chi connectivity index (χ4n) is 1.04. The van der Waals surface area contributed by atoms with Crippen LogP contribution in [-0.2, 0) is 9.53 Å². The maximum Gasteiger partial charge on any atom is 0.309 e. The molecule has 0 aliphatic carbocycles. The third kappa shape index (κ3) is 5.19. The molecule has 0 amide bonds. The standard InChI is InChI=1S/C10H20O4/c1-7(2)14-6-8(11)5-10(3,4)9(12)13/h7-8,11H,5-6H2,1-4H3,(H,12,13). The Hall–Kier alpha value is -0.610. The van der Waals surface area contributed by atoms with Crippen molar-refractivity contribution >= 4 is 5.97 Å². The zero-order valence-electron chi connectivity index (χ0n) is 9.28. The van der Waals surface area contributed by atoms with E-state index < -0.39 is 17.5 Å². The first-order valence-electron chi connectivity index (χ1n) is 4.79. The van der Waals surface area contributed by atoms with Gasteiger partial charge < -0.3 is 14.9 Å². The summed E-state index contributed by atoms with van der Waals surface area (Å²) in [5.41, 5.74) is -0.903. The van der Waals surface area contributed by atoms with Gasteiger partial charge >= 0.3 is 5.97 Å². The van der Waals surface area contributed by atoms with Gasteiger partial charge in [0.05, 0.1) is 24.2 Å². The first-order valence-corrected chi connectivity index (χ1v) is 4.79. The highest BCUT2D eigenvalue weighted by Gasteiger charge is 2.30. The minimum atomic E-state index is -0.903. The highest BCUT2D eigenvalue weighted by molar-refractivity contribution is 5.73. The summed E-state index contributed by atoms with van der Waals surface area (Å²) in [6.45, 7) is 7.11. The number of carboxylic acid groups (broad SMARTS) is 1. The number of ether oxygens (including phenoxy) is 1. The molecule has 0 aromatic rings. The van der Waals surface area contributed by atoms with E-state index in [1.807, 2.05) is 13.8 Å². The van der Waals surface area contributed by atoms with E-state index in [4.69, 9.17) is 9.84 Å². The van der Waals surface area contributed by atoms with Gasteiger partial charge in [-0.05, 0) is 34.1 Å². The van der Waals surface area contributed by atoms with Crippen LogP contribution >= 0.6 is 0 Å². The summed E-state index contributed by atoms with van der Waals surface area (Å²) in [5.74, 6) is -0.902. The highest BCUT2D eigenvalue weighted by atomic mass is 16.5. The summed E-state index contributed by atoms with van der Waals surface area (Å²) in [6.07, 6.45) is -0.462. The monoisotopic (exact) mass is 204 g/mol. The molecule has 14 heavy (non-hydrogen) atoms. The Morgan fingerprint density at radius 1 is 1.43 bits per heavy atom. The summed E-state index contributed by atoms with van der Waals surface area (Å²) in [5, 5.41) is 18.3. The quantitative estimate of drug-likeness (QED) is 0.683. The molecule has 0 aliphatic rings. The fourth-order valence-corrected chi connectivity index (χ4v) is 1.04.